The molecule has 0 bridgehead atoms. The topological polar surface area (TPSA) is 63.1 Å². The molecule has 1 aliphatic heterocycles. The Labute approximate surface area is 183 Å². The quantitative estimate of drug-likeness (QED) is 0.430. The number of methoxy groups -OCH3 is 2. The minimum atomic E-state index is -0.00198. The first-order valence-electron chi connectivity index (χ1n) is 10.5. The first-order valence-corrected chi connectivity index (χ1v) is 10.5. The molecule has 0 saturated carbocycles. The molecule has 1 heterocycles. The van der Waals surface area contributed by atoms with E-state index in [2.05, 4.69) is 46.9 Å². The van der Waals surface area contributed by atoms with E-state index < -0.39 is 0 Å². The molecule has 0 aromatic heterocycles. The lowest BCUT2D eigenvalue weighted by molar-refractivity contribution is 0.288. The van der Waals surface area contributed by atoms with Gasteiger partial charge in [0.15, 0.2) is 0 Å². The highest BCUT2D eigenvalue weighted by Crippen LogP contribution is 2.38. The Kier molecular flexibility index (Phi) is 6.53. The molecule has 0 amide bonds. The Morgan fingerprint density at radius 1 is 0.839 bits per heavy atom. The number of nitrogens with zero attached hydrogens (tertiary/aromatic N) is 1. The predicted molar refractivity (Wildman–Crippen MR) is 122 cm³/mol. The Hall–Kier alpha value is -3.31. The first-order chi connectivity index (χ1) is 15.2. The zero-order valence-electron chi connectivity index (χ0n) is 17.9. The van der Waals surface area contributed by atoms with Crippen molar-refractivity contribution in [3.05, 3.63) is 95.6 Å². The Morgan fingerprint density at radius 3 is 1.97 bits per heavy atom. The molecule has 1 aliphatic rings. The summed E-state index contributed by atoms with van der Waals surface area (Å²) >= 11 is 0. The van der Waals surface area contributed by atoms with Crippen LogP contribution < -0.4 is 14.8 Å². The molecule has 3 aromatic carbocycles. The second kappa shape index (κ2) is 9.67. The number of rotatable bonds is 6. The summed E-state index contributed by atoms with van der Waals surface area (Å²) in [5.74, 6) is 1.68. The van der Waals surface area contributed by atoms with E-state index in [-0.39, 0.29) is 18.0 Å². The van der Waals surface area contributed by atoms with Gasteiger partial charge in [-0.05, 0) is 47.4 Å². The lowest BCUT2D eigenvalue weighted by atomic mass is 9.77. The fourth-order valence-electron chi connectivity index (χ4n) is 4.35. The van der Waals surface area contributed by atoms with Gasteiger partial charge in [0.25, 0.3) is 0 Å². The molecule has 3 aromatic rings. The summed E-state index contributed by atoms with van der Waals surface area (Å²) in [7, 11) is 3.33. The molecular formula is C26H28N2O3. The van der Waals surface area contributed by atoms with Crippen molar-refractivity contribution in [2.45, 2.75) is 24.9 Å². The lowest BCUT2D eigenvalue weighted by Crippen LogP contribution is -2.43. The Morgan fingerprint density at radius 2 is 1.42 bits per heavy atom. The van der Waals surface area contributed by atoms with Gasteiger partial charge in [0.05, 0.1) is 19.9 Å². The summed E-state index contributed by atoms with van der Waals surface area (Å²) in [5.41, 5.74) is 4.31. The van der Waals surface area contributed by atoms with E-state index in [0.717, 1.165) is 34.8 Å². The zero-order chi connectivity index (χ0) is 21.6. The minimum Gasteiger partial charge on any atom is -0.497 e. The number of hydrogen-bond donors (Lipinski definition) is 2. The fraction of sp³-hybridized carbons (Fsp3) is 0.269. The highest BCUT2D eigenvalue weighted by molar-refractivity contribution is 5.89. The van der Waals surface area contributed by atoms with Crippen LogP contribution in [0.15, 0.2) is 84.0 Å². The van der Waals surface area contributed by atoms with Crippen LogP contribution in [0, 0.1) is 5.92 Å². The van der Waals surface area contributed by atoms with E-state index in [9.17, 15) is 5.21 Å². The van der Waals surface area contributed by atoms with Gasteiger partial charge in [-0.3, -0.25) is 0 Å². The van der Waals surface area contributed by atoms with Crippen molar-refractivity contribution < 1.29 is 14.7 Å². The molecule has 0 unspecified atom stereocenters. The number of hydrogen-bond acceptors (Lipinski definition) is 5. The fourth-order valence-corrected chi connectivity index (χ4v) is 4.35. The predicted octanol–water partition coefficient (Wildman–Crippen LogP) is 5.17. The molecule has 0 radical (unpaired) electrons. The molecule has 160 valence electrons. The Balaban J connectivity index is 1.68. The van der Waals surface area contributed by atoms with E-state index in [1.54, 1.807) is 14.2 Å². The summed E-state index contributed by atoms with van der Waals surface area (Å²) in [5, 5.41) is 17.5. The summed E-state index contributed by atoms with van der Waals surface area (Å²) in [6.45, 7) is 0. The van der Waals surface area contributed by atoms with E-state index >= 15 is 0 Å². The third-order valence-electron chi connectivity index (χ3n) is 6.04. The lowest BCUT2D eigenvalue weighted by Gasteiger charge is -2.39. The van der Waals surface area contributed by atoms with Crippen LogP contribution in [0.4, 0.5) is 0 Å². The van der Waals surface area contributed by atoms with Crippen molar-refractivity contribution in [2.75, 3.05) is 14.2 Å². The van der Waals surface area contributed by atoms with E-state index in [4.69, 9.17) is 9.47 Å². The molecule has 31 heavy (non-hydrogen) atoms. The minimum absolute atomic E-state index is 0.00198. The van der Waals surface area contributed by atoms with Crippen molar-refractivity contribution in [3.63, 3.8) is 0 Å². The van der Waals surface area contributed by atoms with Gasteiger partial charge in [-0.15, -0.1) is 0 Å². The van der Waals surface area contributed by atoms with Gasteiger partial charge < -0.3 is 20.0 Å². The van der Waals surface area contributed by atoms with Crippen molar-refractivity contribution in [2.24, 2.45) is 11.1 Å². The van der Waals surface area contributed by atoms with Crippen LogP contribution in [0.5, 0.6) is 11.5 Å². The van der Waals surface area contributed by atoms with Crippen molar-refractivity contribution in [1.82, 2.24) is 5.32 Å². The monoisotopic (exact) mass is 416 g/mol. The van der Waals surface area contributed by atoms with Crippen molar-refractivity contribution in [1.29, 1.82) is 0 Å². The molecule has 0 aliphatic carbocycles. The van der Waals surface area contributed by atoms with Crippen LogP contribution >= 0.6 is 0 Å². The van der Waals surface area contributed by atoms with Gasteiger partial charge in [0, 0.05) is 24.4 Å². The molecule has 0 spiro atoms. The van der Waals surface area contributed by atoms with Gasteiger partial charge in [0.1, 0.15) is 11.5 Å². The molecule has 1 saturated heterocycles. The largest absolute Gasteiger partial charge is 0.497 e. The van der Waals surface area contributed by atoms with Crippen LogP contribution in [-0.4, -0.2) is 25.1 Å². The summed E-state index contributed by atoms with van der Waals surface area (Å²) in [6, 6.07) is 26.6. The molecule has 3 atom stereocenters. The maximum absolute atomic E-state index is 9.95. The van der Waals surface area contributed by atoms with E-state index in [1.807, 2.05) is 42.5 Å². The summed E-state index contributed by atoms with van der Waals surface area (Å²) < 4.78 is 10.6. The number of nitrogens with one attached hydrogen (secondary N) is 1. The second-order valence-corrected chi connectivity index (χ2v) is 7.83. The van der Waals surface area contributed by atoms with Crippen LogP contribution in [0.3, 0.4) is 0 Å². The number of ether oxygens (including phenoxy) is 2. The third kappa shape index (κ3) is 4.72. The normalized spacial score (nSPS) is 22.3. The maximum atomic E-state index is 9.95. The van der Waals surface area contributed by atoms with Crippen LogP contribution in [-0.2, 0) is 6.42 Å². The molecule has 2 N–H and O–H groups in total. The van der Waals surface area contributed by atoms with Gasteiger partial charge in [-0.2, -0.15) is 0 Å². The smallest absolute Gasteiger partial charge is 0.118 e. The number of benzene rings is 3. The molecule has 1 fully saturated rings. The molecule has 4 rings (SSSR count). The van der Waals surface area contributed by atoms with Crippen molar-refractivity contribution >= 4 is 5.71 Å². The average molecular weight is 417 g/mol. The van der Waals surface area contributed by atoms with Crippen LogP contribution in [0.2, 0.25) is 0 Å². The van der Waals surface area contributed by atoms with Crippen LogP contribution in [0.25, 0.3) is 0 Å². The zero-order valence-corrected chi connectivity index (χ0v) is 17.9. The second-order valence-electron chi connectivity index (χ2n) is 7.83. The SMILES string of the molecule is COc1ccc([C@H]2N[C@@H](c3ccc(OC)cc3)C/C(=N\O)[C@@H]2Cc2ccccc2)cc1. The van der Waals surface area contributed by atoms with Gasteiger partial charge in [-0.1, -0.05) is 59.8 Å². The van der Waals surface area contributed by atoms with E-state index in [1.165, 1.54) is 5.56 Å². The summed E-state index contributed by atoms with van der Waals surface area (Å²) in [4.78, 5) is 0. The number of piperidine rings is 1. The third-order valence-corrected chi connectivity index (χ3v) is 6.04. The molecule has 5 heteroatoms. The van der Waals surface area contributed by atoms with Gasteiger partial charge >= 0.3 is 0 Å². The molecule has 5 nitrogen and oxygen atoms in total. The van der Waals surface area contributed by atoms with Gasteiger partial charge in [0.2, 0.25) is 0 Å². The number of oxime groups is 1. The first kappa shape index (κ1) is 20.9. The highest BCUT2D eigenvalue weighted by Gasteiger charge is 2.36. The highest BCUT2D eigenvalue weighted by atomic mass is 16.5. The van der Waals surface area contributed by atoms with E-state index in [0.29, 0.717) is 6.42 Å². The standard InChI is InChI=1S/C26H28N2O3/c1-30-21-12-8-19(9-13-21)24-17-25(28-29)23(16-18-6-4-3-5-7-18)26(27-24)20-10-14-22(31-2)15-11-20/h3-15,23-24,26-27,29H,16-17H2,1-2H3/b28-25+/t23-,24+,26+/m0/s1. The summed E-state index contributed by atoms with van der Waals surface area (Å²) in [6.07, 6.45) is 1.44. The van der Waals surface area contributed by atoms with Crippen LogP contribution in [0.1, 0.15) is 35.2 Å². The van der Waals surface area contributed by atoms with Gasteiger partial charge in [-0.25, -0.2) is 0 Å². The maximum Gasteiger partial charge on any atom is 0.118 e. The molecular weight excluding hydrogens is 388 g/mol. The average Bonchev–Trinajstić information content (AvgIpc) is 2.85. The van der Waals surface area contributed by atoms with Crippen molar-refractivity contribution in [3.8, 4) is 11.5 Å². The Bertz CT molecular complexity index is 1000.